The summed E-state index contributed by atoms with van der Waals surface area (Å²) >= 11 is 2.80. The zero-order valence-electron chi connectivity index (χ0n) is 18.2. The van der Waals surface area contributed by atoms with Crippen LogP contribution in [0.2, 0.25) is 0 Å². The van der Waals surface area contributed by atoms with Gasteiger partial charge in [-0.3, -0.25) is 19.5 Å². The molecule has 33 heavy (non-hydrogen) atoms. The van der Waals surface area contributed by atoms with Gasteiger partial charge in [0.25, 0.3) is 5.56 Å². The molecule has 5 rings (SSSR count). The number of ether oxygens (including phenoxy) is 1. The van der Waals surface area contributed by atoms with E-state index in [1.165, 1.54) is 16.6 Å². The summed E-state index contributed by atoms with van der Waals surface area (Å²) in [5.74, 6) is 0.827. The molecule has 0 bridgehead atoms. The molecule has 0 radical (unpaired) electrons. The summed E-state index contributed by atoms with van der Waals surface area (Å²) in [6.45, 7) is 4.27. The van der Waals surface area contributed by atoms with Crippen molar-refractivity contribution in [2.75, 3.05) is 17.7 Å². The SMILES string of the molecule is CCOc1ccc(-n2c(SCC(=O)Nc3cc(C)no3)nc3sc4c(c3c2=O)CCC4)cc1. The van der Waals surface area contributed by atoms with E-state index in [1.54, 1.807) is 28.9 Å². The number of amides is 1. The monoisotopic (exact) mass is 482 g/mol. The van der Waals surface area contributed by atoms with Crippen LogP contribution in [0.3, 0.4) is 0 Å². The average Bonchev–Trinajstić information content (AvgIpc) is 3.49. The van der Waals surface area contributed by atoms with Crippen LogP contribution < -0.4 is 15.6 Å². The van der Waals surface area contributed by atoms with Gasteiger partial charge < -0.3 is 9.26 Å². The molecule has 1 N–H and O–H groups in total. The van der Waals surface area contributed by atoms with E-state index in [9.17, 15) is 9.59 Å². The Labute approximate surface area is 198 Å². The number of carbonyl (C=O) groups is 1. The molecule has 1 amide bonds. The van der Waals surface area contributed by atoms with Gasteiger partial charge >= 0.3 is 0 Å². The van der Waals surface area contributed by atoms with Crippen molar-refractivity contribution in [3.8, 4) is 11.4 Å². The predicted octanol–water partition coefficient (Wildman–Crippen LogP) is 4.36. The van der Waals surface area contributed by atoms with E-state index in [0.29, 0.717) is 34.4 Å². The summed E-state index contributed by atoms with van der Waals surface area (Å²) in [5.41, 5.74) is 2.39. The van der Waals surface area contributed by atoms with Crippen molar-refractivity contribution in [1.82, 2.24) is 14.7 Å². The highest BCUT2D eigenvalue weighted by Gasteiger charge is 2.24. The molecule has 10 heteroatoms. The molecule has 0 spiro atoms. The third-order valence-electron chi connectivity index (χ3n) is 5.34. The van der Waals surface area contributed by atoms with Crippen LogP contribution in [-0.2, 0) is 17.6 Å². The Morgan fingerprint density at radius 3 is 2.85 bits per heavy atom. The van der Waals surface area contributed by atoms with Crippen LogP contribution in [0, 0.1) is 6.92 Å². The van der Waals surface area contributed by atoms with Crippen molar-refractivity contribution < 1.29 is 14.1 Å². The van der Waals surface area contributed by atoms with Gasteiger partial charge in [-0.1, -0.05) is 16.9 Å². The van der Waals surface area contributed by atoms with E-state index >= 15 is 0 Å². The lowest BCUT2D eigenvalue weighted by Gasteiger charge is -2.13. The number of aryl methyl sites for hydroxylation is 3. The first kappa shape index (κ1) is 21.7. The van der Waals surface area contributed by atoms with Crippen molar-refractivity contribution in [3.63, 3.8) is 0 Å². The number of thiophene rings is 1. The smallest absolute Gasteiger partial charge is 0.267 e. The zero-order chi connectivity index (χ0) is 22.9. The van der Waals surface area contributed by atoms with Crippen molar-refractivity contribution >= 4 is 45.1 Å². The van der Waals surface area contributed by atoms with Gasteiger partial charge in [-0.05, 0) is 62.9 Å². The highest BCUT2D eigenvalue weighted by molar-refractivity contribution is 7.99. The van der Waals surface area contributed by atoms with E-state index in [4.69, 9.17) is 14.2 Å². The number of nitrogens with zero attached hydrogens (tertiary/aromatic N) is 3. The van der Waals surface area contributed by atoms with Crippen LogP contribution >= 0.6 is 23.1 Å². The minimum absolute atomic E-state index is 0.0693. The molecule has 1 aliphatic rings. The summed E-state index contributed by atoms with van der Waals surface area (Å²) < 4.78 is 12.2. The van der Waals surface area contributed by atoms with E-state index in [0.717, 1.165) is 35.4 Å². The Morgan fingerprint density at radius 1 is 1.30 bits per heavy atom. The number of benzene rings is 1. The molecule has 3 aromatic heterocycles. The number of thioether (sulfide) groups is 1. The molecule has 1 aliphatic carbocycles. The van der Waals surface area contributed by atoms with E-state index in [1.807, 2.05) is 31.2 Å². The van der Waals surface area contributed by atoms with Gasteiger partial charge in [0.2, 0.25) is 11.8 Å². The van der Waals surface area contributed by atoms with Crippen molar-refractivity contribution in [2.45, 2.75) is 38.3 Å². The maximum atomic E-state index is 13.7. The molecular weight excluding hydrogens is 460 g/mol. The summed E-state index contributed by atoms with van der Waals surface area (Å²) in [6.07, 6.45) is 2.96. The number of fused-ring (bicyclic) bond motifs is 3. The van der Waals surface area contributed by atoms with E-state index in [-0.39, 0.29) is 17.2 Å². The second kappa shape index (κ2) is 9.03. The molecule has 4 aromatic rings. The van der Waals surface area contributed by atoms with Gasteiger partial charge in [0, 0.05) is 10.9 Å². The number of hydrogen-bond donors (Lipinski definition) is 1. The van der Waals surface area contributed by atoms with Crippen LogP contribution in [0.4, 0.5) is 5.88 Å². The fraction of sp³-hybridized carbons (Fsp3) is 0.304. The van der Waals surface area contributed by atoms with Gasteiger partial charge in [-0.15, -0.1) is 11.3 Å². The molecule has 3 heterocycles. The minimum atomic E-state index is -0.266. The van der Waals surface area contributed by atoms with Crippen molar-refractivity contribution in [3.05, 3.63) is 56.8 Å². The second-order valence-electron chi connectivity index (χ2n) is 7.67. The Balaban J connectivity index is 1.51. The largest absolute Gasteiger partial charge is 0.494 e. The first-order valence-corrected chi connectivity index (χ1v) is 12.5. The maximum absolute atomic E-state index is 13.7. The van der Waals surface area contributed by atoms with Crippen LogP contribution in [0.15, 0.2) is 44.8 Å². The number of carbonyl (C=O) groups excluding carboxylic acids is 1. The summed E-state index contributed by atoms with van der Waals surface area (Å²) in [4.78, 5) is 32.9. The fourth-order valence-corrected chi connectivity index (χ4v) is 6.05. The fourth-order valence-electron chi connectivity index (χ4n) is 3.93. The number of aromatic nitrogens is 3. The molecule has 0 saturated heterocycles. The van der Waals surface area contributed by atoms with Crippen molar-refractivity contribution in [2.24, 2.45) is 0 Å². The lowest BCUT2D eigenvalue weighted by Crippen LogP contribution is -2.23. The first-order chi connectivity index (χ1) is 16.0. The lowest BCUT2D eigenvalue weighted by molar-refractivity contribution is -0.113. The Bertz CT molecular complexity index is 1390. The highest BCUT2D eigenvalue weighted by atomic mass is 32.2. The molecule has 0 aliphatic heterocycles. The lowest BCUT2D eigenvalue weighted by atomic mass is 10.2. The Kier molecular flexibility index (Phi) is 5.94. The second-order valence-corrected chi connectivity index (χ2v) is 9.69. The first-order valence-electron chi connectivity index (χ1n) is 10.7. The van der Waals surface area contributed by atoms with E-state index < -0.39 is 0 Å². The maximum Gasteiger partial charge on any atom is 0.267 e. The van der Waals surface area contributed by atoms with Gasteiger partial charge in [-0.25, -0.2) is 4.98 Å². The van der Waals surface area contributed by atoms with Gasteiger partial charge in [-0.2, -0.15) is 0 Å². The van der Waals surface area contributed by atoms with Gasteiger partial charge in [0.15, 0.2) is 5.16 Å². The quantitative estimate of drug-likeness (QED) is 0.309. The topological polar surface area (TPSA) is 99.2 Å². The minimum Gasteiger partial charge on any atom is -0.494 e. The standard InChI is InChI=1S/C23H22N4O4S2/c1-3-30-15-9-7-14(8-10-15)27-22(29)20-16-5-4-6-17(16)33-21(20)25-23(27)32-12-18(28)24-19-11-13(2)26-31-19/h7-11H,3-6,12H2,1-2H3,(H,24,28). The van der Waals surface area contributed by atoms with Crippen LogP contribution in [0.5, 0.6) is 5.75 Å². The predicted molar refractivity (Wildman–Crippen MR) is 129 cm³/mol. The van der Waals surface area contributed by atoms with Gasteiger partial charge in [0.1, 0.15) is 10.6 Å². The third-order valence-corrected chi connectivity index (χ3v) is 7.46. The number of nitrogens with one attached hydrogen (secondary N) is 1. The number of anilines is 1. The molecule has 8 nitrogen and oxygen atoms in total. The molecule has 0 saturated carbocycles. The third kappa shape index (κ3) is 4.28. The van der Waals surface area contributed by atoms with Crippen LogP contribution in [-0.4, -0.2) is 33.0 Å². The number of hydrogen-bond acceptors (Lipinski definition) is 8. The van der Waals surface area contributed by atoms with Crippen molar-refractivity contribution in [1.29, 1.82) is 0 Å². The average molecular weight is 483 g/mol. The molecule has 0 fully saturated rings. The normalized spacial score (nSPS) is 12.8. The zero-order valence-corrected chi connectivity index (χ0v) is 19.8. The molecular formula is C23H22N4O4S2. The number of rotatable bonds is 7. The van der Waals surface area contributed by atoms with E-state index in [2.05, 4.69) is 10.5 Å². The van der Waals surface area contributed by atoms with Gasteiger partial charge in [0.05, 0.1) is 29.1 Å². The molecule has 0 unspecified atom stereocenters. The summed E-state index contributed by atoms with van der Waals surface area (Å²) in [5, 5.41) is 7.62. The molecule has 170 valence electrons. The Hall–Kier alpha value is -3.11. The highest BCUT2D eigenvalue weighted by Crippen LogP contribution is 2.36. The van der Waals surface area contributed by atoms with Crippen LogP contribution in [0.25, 0.3) is 15.9 Å². The van der Waals surface area contributed by atoms with Crippen LogP contribution in [0.1, 0.15) is 29.5 Å². The summed E-state index contributed by atoms with van der Waals surface area (Å²) in [6, 6.07) is 9.00. The Morgan fingerprint density at radius 2 is 2.12 bits per heavy atom. The molecule has 0 atom stereocenters. The molecule has 1 aromatic carbocycles. The summed E-state index contributed by atoms with van der Waals surface area (Å²) in [7, 11) is 0.